The minimum Gasteiger partial charge on any atom is -0.353 e. The third-order valence-electron chi connectivity index (χ3n) is 4.27. The first kappa shape index (κ1) is 15.3. The molecule has 0 bridgehead atoms. The normalized spacial score (nSPS) is 23.4. The molecule has 0 spiro atoms. The van der Waals surface area contributed by atoms with Gasteiger partial charge < -0.3 is 15.5 Å². The number of hydrogen-bond acceptors (Lipinski definition) is 4. The van der Waals surface area contributed by atoms with Crippen molar-refractivity contribution in [3.63, 3.8) is 0 Å². The summed E-state index contributed by atoms with van der Waals surface area (Å²) in [5.41, 5.74) is 0. The Kier molecular flexibility index (Phi) is 5.37. The molecule has 1 atom stereocenters. The lowest BCUT2D eigenvalue weighted by Gasteiger charge is -2.38. The monoisotopic (exact) mass is 282 g/mol. The Morgan fingerprint density at radius 1 is 1.15 bits per heavy atom. The number of piperidine rings is 1. The van der Waals surface area contributed by atoms with Gasteiger partial charge in [-0.25, -0.2) is 0 Å². The first-order chi connectivity index (χ1) is 9.58. The zero-order chi connectivity index (χ0) is 14.5. The fourth-order valence-electron chi connectivity index (χ4n) is 3.02. The van der Waals surface area contributed by atoms with Gasteiger partial charge in [-0.2, -0.15) is 0 Å². The topological polar surface area (TPSA) is 64.7 Å². The van der Waals surface area contributed by atoms with Gasteiger partial charge in [-0.1, -0.05) is 0 Å². The quantitative estimate of drug-likeness (QED) is 0.726. The molecule has 6 heteroatoms. The van der Waals surface area contributed by atoms with E-state index < -0.39 is 0 Å². The minimum atomic E-state index is -0.0329. The molecule has 0 saturated carbocycles. The number of likely N-dealkylation sites (tertiary alicyclic amines) is 1. The van der Waals surface area contributed by atoms with Crippen molar-refractivity contribution < 1.29 is 9.59 Å². The highest BCUT2D eigenvalue weighted by Gasteiger charge is 2.29. The molecule has 0 aromatic carbocycles. The van der Waals surface area contributed by atoms with E-state index >= 15 is 0 Å². The van der Waals surface area contributed by atoms with Crippen molar-refractivity contribution in [1.29, 1.82) is 0 Å². The van der Waals surface area contributed by atoms with E-state index in [0.717, 1.165) is 52.1 Å². The van der Waals surface area contributed by atoms with E-state index in [4.69, 9.17) is 0 Å². The standard InChI is InChI=1S/C14H26N4O2/c1-11(17-9-5-15-6-10-17)14(20)18-7-3-13(4-8-18)16-12(2)19/h11,13,15H,3-10H2,1-2H3,(H,16,19). The van der Waals surface area contributed by atoms with Gasteiger partial charge in [-0.15, -0.1) is 0 Å². The molecule has 0 radical (unpaired) electrons. The Morgan fingerprint density at radius 2 is 1.75 bits per heavy atom. The number of carbonyl (C=O) groups is 2. The molecule has 0 aliphatic carbocycles. The zero-order valence-corrected chi connectivity index (χ0v) is 12.5. The summed E-state index contributed by atoms with van der Waals surface area (Å²) in [7, 11) is 0. The van der Waals surface area contributed by atoms with Crippen LogP contribution in [0.1, 0.15) is 26.7 Å². The molecule has 114 valence electrons. The van der Waals surface area contributed by atoms with Crippen LogP contribution in [0.4, 0.5) is 0 Å². The molecule has 2 amide bonds. The minimum absolute atomic E-state index is 0.0176. The number of nitrogens with one attached hydrogen (secondary N) is 2. The van der Waals surface area contributed by atoms with Crippen LogP contribution in [0.15, 0.2) is 0 Å². The van der Waals surface area contributed by atoms with Crippen LogP contribution in [0, 0.1) is 0 Å². The molecule has 2 aliphatic rings. The summed E-state index contributed by atoms with van der Waals surface area (Å²) in [6.07, 6.45) is 1.72. The van der Waals surface area contributed by atoms with Gasteiger partial charge in [0, 0.05) is 52.2 Å². The van der Waals surface area contributed by atoms with Crippen molar-refractivity contribution in [1.82, 2.24) is 20.4 Å². The molecule has 2 fully saturated rings. The lowest BCUT2D eigenvalue weighted by molar-refractivity contribution is -0.137. The molecule has 2 rings (SSSR count). The van der Waals surface area contributed by atoms with Gasteiger partial charge in [0.2, 0.25) is 11.8 Å². The third-order valence-corrected chi connectivity index (χ3v) is 4.27. The van der Waals surface area contributed by atoms with Crippen molar-refractivity contribution in [2.24, 2.45) is 0 Å². The van der Waals surface area contributed by atoms with Crippen molar-refractivity contribution >= 4 is 11.8 Å². The van der Waals surface area contributed by atoms with E-state index in [1.165, 1.54) is 0 Å². The summed E-state index contributed by atoms with van der Waals surface area (Å²) in [6.45, 7) is 8.85. The maximum Gasteiger partial charge on any atom is 0.239 e. The van der Waals surface area contributed by atoms with Gasteiger partial charge in [0.15, 0.2) is 0 Å². The van der Waals surface area contributed by atoms with Crippen molar-refractivity contribution in [2.45, 2.75) is 38.8 Å². The van der Waals surface area contributed by atoms with Crippen LogP contribution < -0.4 is 10.6 Å². The maximum atomic E-state index is 12.5. The van der Waals surface area contributed by atoms with Gasteiger partial charge in [0.05, 0.1) is 6.04 Å². The van der Waals surface area contributed by atoms with E-state index in [-0.39, 0.29) is 23.9 Å². The van der Waals surface area contributed by atoms with Gasteiger partial charge in [0.25, 0.3) is 0 Å². The average Bonchev–Trinajstić information content (AvgIpc) is 2.47. The van der Waals surface area contributed by atoms with E-state index in [9.17, 15) is 9.59 Å². The Morgan fingerprint density at radius 3 is 2.30 bits per heavy atom. The molecule has 2 heterocycles. The molecular formula is C14H26N4O2. The predicted molar refractivity (Wildman–Crippen MR) is 77.3 cm³/mol. The largest absolute Gasteiger partial charge is 0.353 e. The number of piperazine rings is 1. The Hall–Kier alpha value is -1.14. The van der Waals surface area contributed by atoms with E-state index in [1.807, 2.05) is 11.8 Å². The number of rotatable bonds is 3. The Labute approximate surface area is 120 Å². The Balaban J connectivity index is 1.80. The number of nitrogens with zero attached hydrogens (tertiary/aromatic N) is 2. The van der Waals surface area contributed by atoms with Crippen LogP contribution in [0.25, 0.3) is 0 Å². The summed E-state index contributed by atoms with van der Waals surface area (Å²) in [5.74, 6) is 0.247. The first-order valence-corrected chi connectivity index (χ1v) is 7.58. The average molecular weight is 282 g/mol. The summed E-state index contributed by atoms with van der Waals surface area (Å²) >= 11 is 0. The van der Waals surface area contributed by atoms with E-state index in [1.54, 1.807) is 6.92 Å². The van der Waals surface area contributed by atoms with Crippen LogP contribution in [-0.2, 0) is 9.59 Å². The summed E-state index contributed by atoms with van der Waals surface area (Å²) in [6, 6.07) is 0.195. The van der Waals surface area contributed by atoms with Crippen LogP contribution >= 0.6 is 0 Å². The van der Waals surface area contributed by atoms with Crippen molar-refractivity contribution in [3.8, 4) is 0 Å². The summed E-state index contributed by atoms with van der Waals surface area (Å²) < 4.78 is 0. The second-order valence-corrected chi connectivity index (χ2v) is 5.76. The Bertz CT molecular complexity index is 347. The smallest absolute Gasteiger partial charge is 0.239 e. The molecule has 0 aromatic rings. The van der Waals surface area contributed by atoms with E-state index in [2.05, 4.69) is 15.5 Å². The molecule has 6 nitrogen and oxygen atoms in total. The number of hydrogen-bond donors (Lipinski definition) is 2. The van der Waals surface area contributed by atoms with Crippen LogP contribution in [-0.4, -0.2) is 73.0 Å². The van der Waals surface area contributed by atoms with Crippen LogP contribution in [0.3, 0.4) is 0 Å². The van der Waals surface area contributed by atoms with Crippen LogP contribution in [0.2, 0.25) is 0 Å². The predicted octanol–water partition coefficient (Wildman–Crippen LogP) is -0.593. The maximum absolute atomic E-state index is 12.5. The van der Waals surface area contributed by atoms with Gasteiger partial charge in [-0.05, 0) is 19.8 Å². The highest BCUT2D eigenvalue weighted by atomic mass is 16.2. The summed E-state index contributed by atoms with van der Waals surface area (Å²) in [4.78, 5) is 27.7. The van der Waals surface area contributed by atoms with Crippen LogP contribution in [0.5, 0.6) is 0 Å². The van der Waals surface area contributed by atoms with Gasteiger partial charge in [-0.3, -0.25) is 14.5 Å². The molecular weight excluding hydrogens is 256 g/mol. The highest BCUT2D eigenvalue weighted by molar-refractivity contribution is 5.81. The highest BCUT2D eigenvalue weighted by Crippen LogP contribution is 2.13. The molecule has 20 heavy (non-hydrogen) atoms. The molecule has 1 unspecified atom stereocenters. The molecule has 0 aromatic heterocycles. The number of amides is 2. The third kappa shape index (κ3) is 3.93. The lowest BCUT2D eigenvalue weighted by Crippen LogP contribution is -2.55. The lowest BCUT2D eigenvalue weighted by atomic mass is 10.0. The van der Waals surface area contributed by atoms with Gasteiger partial charge in [0.1, 0.15) is 0 Å². The van der Waals surface area contributed by atoms with E-state index in [0.29, 0.717) is 0 Å². The molecule has 2 saturated heterocycles. The van der Waals surface area contributed by atoms with Crippen molar-refractivity contribution in [2.75, 3.05) is 39.3 Å². The first-order valence-electron chi connectivity index (χ1n) is 7.58. The second kappa shape index (κ2) is 7.04. The SMILES string of the molecule is CC(=O)NC1CCN(C(=O)C(C)N2CCNCC2)CC1. The fraction of sp³-hybridized carbons (Fsp3) is 0.857. The second-order valence-electron chi connectivity index (χ2n) is 5.76. The molecule has 2 N–H and O–H groups in total. The summed E-state index contributed by atoms with van der Waals surface area (Å²) in [5, 5.41) is 6.24. The van der Waals surface area contributed by atoms with Crippen molar-refractivity contribution in [3.05, 3.63) is 0 Å². The zero-order valence-electron chi connectivity index (χ0n) is 12.5. The fourth-order valence-corrected chi connectivity index (χ4v) is 3.02. The molecule has 2 aliphatic heterocycles. The number of carbonyl (C=O) groups excluding carboxylic acids is 2. The van der Waals surface area contributed by atoms with Gasteiger partial charge >= 0.3 is 0 Å².